The minimum atomic E-state index is -1.06. The van der Waals surface area contributed by atoms with E-state index in [0.29, 0.717) is 5.56 Å². The molecule has 164 valence electrons. The van der Waals surface area contributed by atoms with Gasteiger partial charge in [-0.25, -0.2) is 13.8 Å². The number of hydrogen-bond donors (Lipinski definition) is 2. The minimum absolute atomic E-state index is 0.256. The van der Waals surface area contributed by atoms with E-state index in [1.54, 1.807) is 12.1 Å². The molecule has 0 aromatic heterocycles. The summed E-state index contributed by atoms with van der Waals surface area (Å²) < 4.78 is 34.0. The summed E-state index contributed by atoms with van der Waals surface area (Å²) in [5, 5.41) is 3.39. The molecule has 2 aromatic rings. The Bertz CT molecular complexity index is 938. The number of nitrogens with one attached hydrogen (secondary N) is 1. The van der Waals surface area contributed by atoms with Gasteiger partial charge in [-0.3, -0.25) is 4.79 Å². The number of piperidine rings is 1. The monoisotopic (exact) mass is 428 g/mol. The highest BCUT2D eigenvalue weighted by Gasteiger charge is 2.38. The van der Waals surface area contributed by atoms with Gasteiger partial charge in [0.2, 0.25) is 11.8 Å². The Labute approximate surface area is 180 Å². The van der Waals surface area contributed by atoms with Crippen molar-refractivity contribution in [3.05, 3.63) is 65.2 Å². The number of primary amides is 1. The van der Waals surface area contributed by atoms with Crippen LogP contribution in [-0.2, 0) is 9.53 Å². The van der Waals surface area contributed by atoms with Crippen LogP contribution >= 0.6 is 0 Å². The first-order valence-corrected chi connectivity index (χ1v) is 10.6. The molecule has 3 N–H and O–H groups in total. The van der Waals surface area contributed by atoms with Gasteiger partial charge in [0.15, 0.2) is 12.1 Å². The zero-order valence-electron chi connectivity index (χ0n) is 17.2. The van der Waals surface area contributed by atoms with E-state index in [4.69, 9.17) is 10.5 Å². The van der Waals surface area contributed by atoms with Crippen molar-refractivity contribution >= 4 is 17.5 Å². The number of rotatable bonds is 7. The fourth-order valence-electron chi connectivity index (χ4n) is 4.03. The van der Waals surface area contributed by atoms with E-state index >= 15 is 0 Å². The SMILES string of the molecule is NC(=O)C1N=C(c2c(F)cccc2F)OC1c1ccc(NCCN2CCCCC2)cc1. The topological polar surface area (TPSA) is 80.0 Å². The quantitative estimate of drug-likeness (QED) is 0.710. The Morgan fingerprint density at radius 1 is 1.10 bits per heavy atom. The Hall–Kier alpha value is -3.00. The van der Waals surface area contributed by atoms with Crippen LogP contribution in [0.25, 0.3) is 0 Å². The van der Waals surface area contributed by atoms with Crippen molar-refractivity contribution in [2.45, 2.75) is 31.4 Å². The molecule has 1 fully saturated rings. The lowest BCUT2D eigenvalue weighted by molar-refractivity contribution is -0.120. The number of carbonyl (C=O) groups is 1. The van der Waals surface area contributed by atoms with E-state index in [-0.39, 0.29) is 5.90 Å². The molecule has 4 rings (SSSR count). The first-order valence-electron chi connectivity index (χ1n) is 10.6. The van der Waals surface area contributed by atoms with Gasteiger partial charge < -0.3 is 20.7 Å². The number of halogens is 2. The number of aliphatic imine (C=N–C) groups is 1. The largest absolute Gasteiger partial charge is 0.466 e. The molecule has 0 aliphatic carbocycles. The first-order chi connectivity index (χ1) is 15.0. The molecule has 1 saturated heterocycles. The second-order valence-corrected chi connectivity index (χ2v) is 7.87. The lowest BCUT2D eigenvalue weighted by Gasteiger charge is -2.26. The van der Waals surface area contributed by atoms with Crippen molar-refractivity contribution < 1.29 is 18.3 Å². The van der Waals surface area contributed by atoms with Crippen LogP contribution in [0.15, 0.2) is 47.5 Å². The van der Waals surface area contributed by atoms with Crippen LogP contribution in [0.2, 0.25) is 0 Å². The van der Waals surface area contributed by atoms with E-state index in [2.05, 4.69) is 15.2 Å². The lowest BCUT2D eigenvalue weighted by atomic mass is 10.0. The van der Waals surface area contributed by atoms with Crippen molar-refractivity contribution in [3.8, 4) is 0 Å². The molecule has 6 nitrogen and oxygen atoms in total. The Morgan fingerprint density at radius 2 is 1.77 bits per heavy atom. The number of hydrogen-bond acceptors (Lipinski definition) is 5. The molecule has 0 bridgehead atoms. The molecule has 2 aromatic carbocycles. The molecule has 0 radical (unpaired) electrons. The first kappa shape index (κ1) is 21.2. The summed E-state index contributed by atoms with van der Waals surface area (Å²) in [6.07, 6.45) is 3.00. The van der Waals surface area contributed by atoms with Crippen molar-refractivity contribution in [1.82, 2.24) is 4.90 Å². The number of nitrogens with two attached hydrogens (primary N) is 1. The second kappa shape index (κ2) is 9.43. The van der Waals surface area contributed by atoms with Gasteiger partial charge in [0.25, 0.3) is 0 Å². The summed E-state index contributed by atoms with van der Waals surface area (Å²) in [4.78, 5) is 18.5. The molecule has 2 atom stereocenters. The van der Waals surface area contributed by atoms with Crippen LogP contribution < -0.4 is 11.1 Å². The third-order valence-corrected chi connectivity index (χ3v) is 5.69. The Kier molecular flexibility index (Phi) is 6.46. The highest BCUT2D eigenvalue weighted by atomic mass is 19.1. The molecule has 31 heavy (non-hydrogen) atoms. The summed E-state index contributed by atoms with van der Waals surface area (Å²) in [6, 6.07) is 9.79. The third kappa shape index (κ3) is 4.85. The lowest BCUT2D eigenvalue weighted by Crippen LogP contribution is -2.33. The summed E-state index contributed by atoms with van der Waals surface area (Å²) in [5.74, 6) is -2.60. The highest BCUT2D eigenvalue weighted by molar-refractivity contribution is 5.99. The zero-order valence-corrected chi connectivity index (χ0v) is 17.2. The predicted molar refractivity (Wildman–Crippen MR) is 115 cm³/mol. The molecule has 2 aliphatic rings. The number of benzene rings is 2. The molecule has 1 amide bonds. The van der Waals surface area contributed by atoms with Crippen LogP contribution in [0.3, 0.4) is 0 Å². The van der Waals surface area contributed by atoms with Crippen molar-refractivity contribution in [2.24, 2.45) is 10.7 Å². The highest BCUT2D eigenvalue weighted by Crippen LogP contribution is 2.33. The van der Waals surface area contributed by atoms with Crippen molar-refractivity contribution in [3.63, 3.8) is 0 Å². The molecular formula is C23H26F2N4O2. The summed E-state index contributed by atoms with van der Waals surface area (Å²) in [7, 11) is 0. The van der Waals surface area contributed by atoms with Gasteiger partial charge in [0, 0.05) is 18.8 Å². The molecule has 8 heteroatoms. The number of carbonyl (C=O) groups excluding carboxylic acids is 1. The van der Waals surface area contributed by atoms with Crippen LogP contribution in [0.4, 0.5) is 14.5 Å². The molecule has 2 unspecified atom stereocenters. The van der Waals surface area contributed by atoms with Crippen LogP contribution in [0, 0.1) is 11.6 Å². The van der Waals surface area contributed by atoms with Crippen LogP contribution in [-0.4, -0.2) is 48.9 Å². The van der Waals surface area contributed by atoms with Gasteiger partial charge >= 0.3 is 0 Å². The van der Waals surface area contributed by atoms with Gasteiger partial charge in [-0.15, -0.1) is 0 Å². The average molecular weight is 428 g/mol. The summed E-state index contributed by atoms with van der Waals surface area (Å²) in [5.41, 5.74) is 6.68. The molecule has 2 aliphatic heterocycles. The van der Waals surface area contributed by atoms with Gasteiger partial charge in [-0.05, 0) is 55.8 Å². The van der Waals surface area contributed by atoms with Gasteiger partial charge in [0.05, 0.1) is 0 Å². The van der Waals surface area contributed by atoms with Crippen LogP contribution in [0.1, 0.15) is 36.5 Å². The Balaban J connectivity index is 1.43. The van der Waals surface area contributed by atoms with E-state index in [0.717, 1.165) is 44.0 Å². The maximum absolute atomic E-state index is 14.1. The Morgan fingerprint density at radius 3 is 2.42 bits per heavy atom. The normalized spacial score (nSPS) is 21.4. The fourth-order valence-corrected chi connectivity index (χ4v) is 4.03. The van der Waals surface area contributed by atoms with E-state index in [1.807, 2.05) is 12.1 Å². The number of likely N-dealkylation sites (tertiary alicyclic amines) is 1. The summed E-state index contributed by atoms with van der Waals surface area (Å²) >= 11 is 0. The maximum atomic E-state index is 14.1. The zero-order chi connectivity index (χ0) is 21.8. The van der Waals surface area contributed by atoms with Gasteiger partial charge in [-0.2, -0.15) is 0 Å². The van der Waals surface area contributed by atoms with E-state index in [9.17, 15) is 13.6 Å². The molecule has 2 heterocycles. The van der Waals surface area contributed by atoms with Gasteiger partial charge in [0.1, 0.15) is 17.2 Å². The minimum Gasteiger partial charge on any atom is -0.466 e. The van der Waals surface area contributed by atoms with Crippen molar-refractivity contribution in [2.75, 3.05) is 31.5 Å². The number of ether oxygens (including phenoxy) is 1. The molecular weight excluding hydrogens is 402 g/mol. The van der Waals surface area contributed by atoms with E-state index < -0.39 is 35.3 Å². The maximum Gasteiger partial charge on any atom is 0.246 e. The van der Waals surface area contributed by atoms with Gasteiger partial charge in [-0.1, -0.05) is 24.6 Å². The number of amides is 1. The molecule has 0 spiro atoms. The third-order valence-electron chi connectivity index (χ3n) is 5.69. The average Bonchev–Trinajstić information content (AvgIpc) is 3.20. The number of anilines is 1. The van der Waals surface area contributed by atoms with Crippen molar-refractivity contribution in [1.29, 1.82) is 0 Å². The standard InChI is InChI=1S/C23H26F2N4O2/c24-17-5-4-6-18(25)19(17)23-28-20(22(26)30)21(31-23)15-7-9-16(10-8-15)27-11-14-29-12-2-1-3-13-29/h4-10,20-21,27H,1-3,11-14H2,(H2,26,30). The smallest absolute Gasteiger partial charge is 0.246 e. The van der Waals surface area contributed by atoms with E-state index in [1.165, 1.54) is 25.3 Å². The predicted octanol–water partition coefficient (Wildman–Crippen LogP) is 3.23. The number of nitrogens with zero attached hydrogens (tertiary/aromatic N) is 2. The second-order valence-electron chi connectivity index (χ2n) is 7.87. The van der Waals surface area contributed by atoms with Crippen LogP contribution in [0.5, 0.6) is 0 Å². The molecule has 0 saturated carbocycles. The fraction of sp³-hybridized carbons (Fsp3) is 0.391. The summed E-state index contributed by atoms with van der Waals surface area (Å²) in [6.45, 7) is 4.13.